The van der Waals surface area contributed by atoms with E-state index in [4.69, 9.17) is 0 Å². The van der Waals surface area contributed by atoms with Gasteiger partial charge in [0.15, 0.2) is 0 Å². The molecule has 1 nitrogen and oxygen atoms in total. The fourth-order valence-corrected chi connectivity index (χ4v) is 6.15. The zero-order valence-electron chi connectivity index (χ0n) is 21.4. The third kappa shape index (κ3) is 3.48. The summed E-state index contributed by atoms with van der Waals surface area (Å²) >= 11 is 0. The number of hydrogen-bond acceptors (Lipinski definition) is 0. The van der Waals surface area contributed by atoms with Crippen LogP contribution in [0.15, 0.2) is 152 Å². The molecule has 0 aliphatic rings. The first-order chi connectivity index (χ1) is 19.3. The van der Waals surface area contributed by atoms with Crippen LogP contribution >= 0.6 is 0 Å². The van der Waals surface area contributed by atoms with Crippen molar-refractivity contribution in [2.75, 3.05) is 0 Å². The standard InChI is InChI=1S/C38H25N/c1-3-11-26(12-4-1)29-23-30(27-13-5-2-6-14-27)25-31(24-29)39-37-18-10-9-17-34(37)36-22-21-33-32-16-8-7-15-28(32)19-20-35(33)38(36)39/h1-25H. The molecule has 1 heteroatoms. The van der Waals surface area contributed by atoms with Crippen LogP contribution in [0, 0.1) is 0 Å². The van der Waals surface area contributed by atoms with Crippen molar-refractivity contribution in [2.24, 2.45) is 0 Å². The molecule has 182 valence electrons. The van der Waals surface area contributed by atoms with Gasteiger partial charge in [-0.2, -0.15) is 0 Å². The average molecular weight is 496 g/mol. The molecule has 0 spiro atoms. The van der Waals surface area contributed by atoms with Gasteiger partial charge in [0.25, 0.3) is 0 Å². The number of benzene rings is 7. The lowest BCUT2D eigenvalue weighted by Crippen LogP contribution is -1.96. The molecule has 8 aromatic rings. The zero-order valence-corrected chi connectivity index (χ0v) is 21.4. The first kappa shape index (κ1) is 21.9. The van der Waals surface area contributed by atoms with Crippen molar-refractivity contribution in [3.8, 4) is 27.9 Å². The maximum atomic E-state index is 2.47. The van der Waals surface area contributed by atoms with Crippen molar-refractivity contribution in [3.63, 3.8) is 0 Å². The molecule has 0 bridgehead atoms. The van der Waals surface area contributed by atoms with Crippen LogP contribution in [0.4, 0.5) is 0 Å². The predicted molar refractivity (Wildman–Crippen MR) is 167 cm³/mol. The van der Waals surface area contributed by atoms with Crippen molar-refractivity contribution in [3.05, 3.63) is 152 Å². The van der Waals surface area contributed by atoms with Crippen LogP contribution in [-0.4, -0.2) is 4.57 Å². The number of para-hydroxylation sites is 1. The third-order valence-corrected chi connectivity index (χ3v) is 7.95. The maximum Gasteiger partial charge on any atom is 0.0619 e. The number of hydrogen-bond donors (Lipinski definition) is 0. The molecule has 0 radical (unpaired) electrons. The van der Waals surface area contributed by atoms with Crippen LogP contribution in [0.25, 0.3) is 71.3 Å². The summed E-state index contributed by atoms with van der Waals surface area (Å²) in [4.78, 5) is 0. The van der Waals surface area contributed by atoms with E-state index in [9.17, 15) is 0 Å². The van der Waals surface area contributed by atoms with Gasteiger partial charge in [0.05, 0.1) is 11.0 Å². The van der Waals surface area contributed by atoms with E-state index in [0.29, 0.717) is 0 Å². The summed E-state index contributed by atoms with van der Waals surface area (Å²) in [5, 5.41) is 7.66. The highest BCUT2D eigenvalue weighted by Gasteiger charge is 2.17. The van der Waals surface area contributed by atoms with Gasteiger partial charge in [-0.3, -0.25) is 0 Å². The first-order valence-corrected chi connectivity index (χ1v) is 13.5. The second kappa shape index (κ2) is 8.72. The Kier molecular flexibility index (Phi) is 4.89. The second-order valence-electron chi connectivity index (χ2n) is 10.2. The zero-order chi connectivity index (χ0) is 25.8. The molecule has 0 atom stereocenters. The van der Waals surface area contributed by atoms with Gasteiger partial charge >= 0.3 is 0 Å². The molecule has 1 heterocycles. The molecule has 0 saturated heterocycles. The Balaban J connectivity index is 1.52. The van der Waals surface area contributed by atoms with Gasteiger partial charge in [0.2, 0.25) is 0 Å². The van der Waals surface area contributed by atoms with E-state index in [1.165, 1.54) is 71.3 Å². The van der Waals surface area contributed by atoms with Crippen LogP contribution in [0.5, 0.6) is 0 Å². The van der Waals surface area contributed by atoms with E-state index >= 15 is 0 Å². The summed E-state index contributed by atoms with van der Waals surface area (Å²) < 4.78 is 2.47. The molecule has 0 N–H and O–H groups in total. The van der Waals surface area contributed by atoms with Gasteiger partial charge in [-0.1, -0.05) is 127 Å². The van der Waals surface area contributed by atoms with Crippen molar-refractivity contribution >= 4 is 43.4 Å². The Bertz CT molecular complexity index is 2090. The molecular formula is C38H25N. The topological polar surface area (TPSA) is 4.93 Å². The molecule has 0 amide bonds. The number of nitrogens with zero attached hydrogens (tertiary/aromatic N) is 1. The fraction of sp³-hybridized carbons (Fsp3) is 0. The Hall–Kier alpha value is -5.14. The summed E-state index contributed by atoms with van der Waals surface area (Å²) in [5.74, 6) is 0. The molecule has 0 unspecified atom stereocenters. The van der Waals surface area contributed by atoms with Crippen LogP contribution in [-0.2, 0) is 0 Å². The van der Waals surface area contributed by atoms with Crippen LogP contribution in [0.2, 0.25) is 0 Å². The third-order valence-electron chi connectivity index (χ3n) is 7.95. The quantitative estimate of drug-likeness (QED) is 0.215. The van der Waals surface area contributed by atoms with Gasteiger partial charge in [0, 0.05) is 21.8 Å². The van der Waals surface area contributed by atoms with Gasteiger partial charge in [-0.25, -0.2) is 0 Å². The maximum absolute atomic E-state index is 2.47. The lowest BCUT2D eigenvalue weighted by Gasteiger charge is -2.15. The molecular weight excluding hydrogens is 470 g/mol. The summed E-state index contributed by atoms with van der Waals surface area (Å²) in [6.07, 6.45) is 0. The van der Waals surface area contributed by atoms with Crippen LogP contribution in [0.3, 0.4) is 0 Å². The van der Waals surface area contributed by atoms with Crippen LogP contribution < -0.4 is 0 Å². The number of fused-ring (bicyclic) bond motifs is 7. The van der Waals surface area contributed by atoms with E-state index < -0.39 is 0 Å². The lowest BCUT2D eigenvalue weighted by molar-refractivity contribution is 1.19. The van der Waals surface area contributed by atoms with E-state index in [2.05, 4.69) is 156 Å². The van der Waals surface area contributed by atoms with Crippen molar-refractivity contribution < 1.29 is 0 Å². The first-order valence-electron chi connectivity index (χ1n) is 13.5. The number of rotatable bonds is 3. The highest BCUT2D eigenvalue weighted by Crippen LogP contribution is 2.40. The Labute approximate surface area is 227 Å². The van der Waals surface area contributed by atoms with E-state index in [1.807, 2.05) is 0 Å². The van der Waals surface area contributed by atoms with Crippen molar-refractivity contribution in [2.45, 2.75) is 0 Å². The van der Waals surface area contributed by atoms with Gasteiger partial charge in [0.1, 0.15) is 0 Å². The van der Waals surface area contributed by atoms with E-state index in [1.54, 1.807) is 0 Å². The molecule has 0 aliphatic heterocycles. The van der Waals surface area contributed by atoms with Gasteiger partial charge in [-0.05, 0) is 62.7 Å². The molecule has 0 fully saturated rings. The largest absolute Gasteiger partial charge is 0.309 e. The molecule has 39 heavy (non-hydrogen) atoms. The molecule has 8 rings (SSSR count). The predicted octanol–water partition coefficient (Wildman–Crippen LogP) is 10.4. The Morgan fingerprint density at radius 3 is 1.59 bits per heavy atom. The Morgan fingerprint density at radius 2 is 0.872 bits per heavy atom. The number of aromatic nitrogens is 1. The highest BCUT2D eigenvalue weighted by molar-refractivity contribution is 6.23. The summed E-state index contributed by atoms with van der Waals surface area (Å²) in [7, 11) is 0. The summed E-state index contributed by atoms with van der Waals surface area (Å²) in [6, 6.07) is 55.0. The summed E-state index contributed by atoms with van der Waals surface area (Å²) in [5.41, 5.74) is 8.50. The van der Waals surface area contributed by atoms with E-state index in [-0.39, 0.29) is 0 Å². The monoisotopic (exact) mass is 495 g/mol. The smallest absolute Gasteiger partial charge is 0.0619 e. The molecule has 7 aromatic carbocycles. The normalized spacial score (nSPS) is 11.6. The lowest BCUT2D eigenvalue weighted by atomic mass is 9.97. The molecule has 0 saturated carbocycles. The molecule has 0 aliphatic carbocycles. The van der Waals surface area contributed by atoms with Gasteiger partial charge in [-0.15, -0.1) is 0 Å². The van der Waals surface area contributed by atoms with E-state index in [0.717, 1.165) is 0 Å². The summed E-state index contributed by atoms with van der Waals surface area (Å²) in [6.45, 7) is 0. The molecule has 1 aromatic heterocycles. The van der Waals surface area contributed by atoms with Crippen molar-refractivity contribution in [1.82, 2.24) is 4.57 Å². The second-order valence-corrected chi connectivity index (χ2v) is 10.2. The van der Waals surface area contributed by atoms with Crippen molar-refractivity contribution in [1.29, 1.82) is 0 Å². The minimum atomic E-state index is 1.17. The van der Waals surface area contributed by atoms with Gasteiger partial charge < -0.3 is 4.57 Å². The fourth-order valence-electron chi connectivity index (χ4n) is 6.15. The van der Waals surface area contributed by atoms with Crippen LogP contribution in [0.1, 0.15) is 0 Å². The Morgan fingerprint density at radius 1 is 0.333 bits per heavy atom. The highest BCUT2D eigenvalue weighted by atomic mass is 15.0. The average Bonchev–Trinajstić information content (AvgIpc) is 3.36. The SMILES string of the molecule is c1ccc(-c2cc(-c3ccccc3)cc(-n3c4ccccc4c4ccc5c6ccccc6ccc5c43)c2)cc1. The minimum Gasteiger partial charge on any atom is -0.309 e. The minimum absolute atomic E-state index is 1.17.